The van der Waals surface area contributed by atoms with Crippen molar-refractivity contribution in [2.24, 2.45) is 0 Å². The number of esters is 1. The van der Waals surface area contributed by atoms with Crippen LogP contribution in [0.3, 0.4) is 0 Å². The number of amides is 1. The van der Waals surface area contributed by atoms with Crippen LogP contribution < -0.4 is 10.1 Å². The quantitative estimate of drug-likeness (QED) is 0.801. The number of halogens is 1. The van der Waals surface area contributed by atoms with Crippen molar-refractivity contribution in [3.63, 3.8) is 0 Å². The number of benzene rings is 2. The lowest BCUT2D eigenvalue weighted by Crippen LogP contribution is -2.31. The Morgan fingerprint density at radius 2 is 1.88 bits per heavy atom. The van der Waals surface area contributed by atoms with Gasteiger partial charge in [0, 0.05) is 5.02 Å². The Balaban J connectivity index is 1.84. The summed E-state index contributed by atoms with van der Waals surface area (Å²) in [5.41, 5.74) is 0.677. The van der Waals surface area contributed by atoms with E-state index in [2.05, 4.69) is 5.32 Å². The largest absolute Gasteiger partial charge is 0.482 e. The molecule has 25 heavy (non-hydrogen) atoms. The third kappa shape index (κ3) is 5.52. The summed E-state index contributed by atoms with van der Waals surface area (Å²) in [5, 5.41) is 12.1. The number of para-hydroxylation sites is 1. The molecule has 0 unspecified atom stereocenters. The summed E-state index contributed by atoms with van der Waals surface area (Å²) in [4.78, 5) is 23.8. The van der Waals surface area contributed by atoms with Gasteiger partial charge in [-0.3, -0.25) is 4.79 Å². The van der Waals surface area contributed by atoms with Crippen LogP contribution >= 0.6 is 11.6 Å². The van der Waals surface area contributed by atoms with Crippen molar-refractivity contribution in [3.05, 3.63) is 59.1 Å². The minimum atomic E-state index is -1.03. The number of carbonyl (C=O) groups is 2. The molecule has 2 aromatic carbocycles. The highest BCUT2D eigenvalue weighted by atomic mass is 35.5. The molecule has 0 saturated heterocycles. The van der Waals surface area contributed by atoms with Gasteiger partial charge in [-0.05, 0) is 43.3 Å². The van der Waals surface area contributed by atoms with Crippen molar-refractivity contribution in [2.75, 3.05) is 11.9 Å². The number of nitrogens with one attached hydrogen (secondary N) is 1. The first-order valence-electron chi connectivity index (χ1n) is 7.37. The lowest BCUT2D eigenvalue weighted by molar-refractivity contribution is -0.155. The van der Waals surface area contributed by atoms with E-state index in [0.29, 0.717) is 22.0 Å². The van der Waals surface area contributed by atoms with E-state index in [-0.39, 0.29) is 6.61 Å². The van der Waals surface area contributed by atoms with Crippen LogP contribution in [0.4, 0.5) is 5.69 Å². The van der Waals surface area contributed by atoms with Gasteiger partial charge in [-0.15, -0.1) is 0 Å². The molecule has 0 heterocycles. The Labute approximate surface area is 149 Å². The number of ether oxygens (including phenoxy) is 2. The fourth-order valence-electron chi connectivity index (χ4n) is 1.88. The minimum Gasteiger partial charge on any atom is -0.482 e. The third-order valence-electron chi connectivity index (χ3n) is 3.15. The van der Waals surface area contributed by atoms with Crippen molar-refractivity contribution in [2.45, 2.75) is 13.0 Å². The number of carbonyl (C=O) groups excluding carboxylic acids is 2. The number of rotatable bonds is 6. The molecule has 2 rings (SSSR count). The van der Waals surface area contributed by atoms with Gasteiger partial charge >= 0.3 is 5.97 Å². The molecule has 0 spiro atoms. The van der Waals surface area contributed by atoms with E-state index in [1.54, 1.807) is 48.5 Å². The average molecular weight is 359 g/mol. The van der Waals surface area contributed by atoms with Crippen LogP contribution in [-0.2, 0) is 14.3 Å². The van der Waals surface area contributed by atoms with Crippen molar-refractivity contribution in [1.29, 1.82) is 5.26 Å². The molecular weight excluding hydrogens is 344 g/mol. The van der Waals surface area contributed by atoms with Gasteiger partial charge in [0.15, 0.2) is 12.7 Å². The summed E-state index contributed by atoms with van der Waals surface area (Å²) in [7, 11) is 0. The predicted molar refractivity (Wildman–Crippen MR) is 92.3 cm³/mol. The van der Waals surface area contributed by atoms with E-state index in [0.717, 1.165) is 0 Å². The second-order valence-corrected chi connectivity index (χ2v) is 5.46. The Hall–Kier alpha value is -3.04. The lowest BCUT2D eigenvalue weighted by Gasteiger charge is -2.14. The van der Waals surface area contributed by atoms with E-state index in [9.17, 15) is 9.59 Å². The van der Waals surface area contributed by atoms with Gasteiger partial charge < -0.3 is 14.8 Å². The van der Waals surface area contributed by atoms with Crippen LogP contribution in [0, 0.1) is 11.3 Å². The number of anilines is 1. The lowest BCUT2D eigenvalue weighted by atomic mass is 10.2. The predicted octanol–water partition coefficient (Wildman–Crippen LogP) is 3.16. The number of nitrogens with zero attached hydrogens (tertiary/aromatic N) is 1. The van der Waals surface area contributed by atoms with Crippen LogP contribution in [0.5, 0.6) is 5.75 Å². The van der Waals surface area contributed by atoms with Gasteiger partial charge in [0.1, 0.15) is 11.8 Å². The van der Waals surface area contributed by atoms with E-state index >= 15 is 0 Å². The maximum atomic E-state index is 12.1. The monoisotopic (exact) mass is 358 g/mol. The summed E-state index contributed by atoms with van der Waals surface area (Å²) in [6.45, 7) is 1.10. The summed E-state index contributed by atoms with van der Waals surface area (Å²) in [6, 6.07) is 15.0. The highest BCUT2D eigenvalue weighted by Crippen LogP contribution is 2.16. The van der Waals surface area contributed by atoms with Gasteiger partial charge in [0.25, 0.3) is 5.91 Å². The normalized spacial score (nSPS) is 11.1. The first kappa shape index (κ1) is 18.3. The average Bonchev–Trinajstić information content (AvgIpc) is 2.61. The van der Waals surface area contributed by atoms with E-state index in [4.69, 9.17) is 26.3 Å². The van der Waals surface area contributed by atoms with E-state index in [1.165, 1.54) is 6.92 Å². The fourth-order valence-corrected chi connectivity index (χ4v) is 2.01. The topological polar surface area (TPSA) is 88.4 Å². The summed E-state index contributed by atoms with van der Waals surface area (Å²) in [6.07, 6.45) is -1.03. The smallest absolute Gasteiger partial charge is 0.344 e. The summed E-state index contributed by atoms with van der Waals surface area (Å²) >= 11 is 5.75. The molecule has 1 N–H and O–H groups in total. The molecule has 0 fully saturated rings. The van der Waals surface area contributed by atoms with Gasteiger partial charge in [-0.2, -0.15) is 5.26 Å². The molecule has 0 aliphatic rings. The molecule has 2 aromatic rings. The molecule has 0 aliphatic carbocycles. The molecule has 6 nitrogen and oxygen atoms in total. The third-order valence-corrected chi connectivity index (χ3v) is 3.41. The summed E-state index contributed by atoms with van der Waals surface area (Å²) in [5.74, 6) is -0.768. The summed E-state index contributed by atoms with van der Waals surface area (Å²) < 4.78 is 10.3. The van der Waals surface area contributed by atoms with Crippen LogP contribution in [0.2, 0.25) is 5.02 Å². The molecular formula is C18H15ClN2O4. The number of hydrogen-bond donors (Lipinski definition) is 1. The van der Waals surface area contributed by atoms with Crippen LogP contribution in [0.15, 0.2) is 48.5 Å². The number of nitriles is 1. The Bertz CT molecular complexity index is 799. The fraction of sp³-hybridized carbons (Fsp3) is 0.167. The van der Waals surface area contributed by atoms with Gasteiger partial charge in [0.05, 0.1) is 11.3 Å². The van der Waals surface area contributed by atoms with E-state index in [1.807, 2.05) is 6.07 Å². The van der Waals surface area contributed by atoms with Crippen molar-refractivity contribution < 1.29 is 19.1 Å². The highest BCUT2D eigenvalue weighted by molar-refractivity contribution is 6.30. The molecule has 0 radical (unpaired) electrons. The Kier molecular flexibility index (Phi) is 6.38. The zero-order valence-electron chi connectivity index (χ0n) is 13.4. The standard InChI is InChI=1S/C18H15ClN2O4/c1-12(18(23)21-16-5-3-2-4-13(16)10-20)25-17(22)11-24-15-8-6-14(19)7-9-15/h2-9,12H,11H2,1H3,(H,21,23)/t12-/m0/s1. The molecule has 0 aromatic heterocycles. The maximum absolute atomic E-state index is 12.1. The second-order valence-electron chi connectivity index (χ2n) is 5.02. The Morgan fingerprint density at radius 3 is 2.56 bits per heavy atom. The Morgan fingerprint density at radius 1 is 1.20 bits per heavy atom. The molecule has 1 amide bonds. The van der Waals surface area contributed by atoms with Crippen molar-refractivity contribution in [3.8, 4) is 11.8 Å². The van der Waals surface area contributed by atoms with Gasteiger partial charge in [0.2, 0.25) is 0 Å². The first-order chi connectivity index (χ1) is 12.0. The molecule has 128 valence electrons. The molecule has 0 saturated carbocycles. The van der Waals surface area contributed by atoms with E-state index < -0.39 is 18.0 Å². The van der Waals surface area contributed by atoms with Crippen LogP contribution in [0.1, 0.15) is 12.5 Å². The molecule has 0 bridgehead atoms. The van der Waals surface area contributed by atoms with Crippen LogP contribution in [-0.4, -0.2) is 24.6 Å². The second kappa shape index (κ2) is 8.71. The van der Waals surface area contributed by atoms with Gasteiger partial charge in [-0.1, -0.05) is 23.7 Å². The number of hydrogen-bond acceptors (Lipinski definition) is 5. The SMILES string of the molecule is C[C@H](OC(=O)COc1ccc(Cl)cc1)C(=O)Nc1ccccc1C#N. The molecule has 1 atom stereocenters. The molecule has 7 heteroatoms. The zero-order chi connectivity index (χ0) is 18.2. The maximum Gasteiger partial charge on any atom is 0.344 e. The van der Waals surface area contributed by atoms with Gasteiger partial charge in [-0.25, -0.2) is 4.79 Å². The highest BCUT2D eigenvalue weighted by Gasteiger charge is 2.19. The van der Waals surface area contributed by atoms with Crippen molar-refractivity contribution in [1.82, 2.24) is 0 Å². The minimum absolute atomic E-state index is 0.320. The molecule has 0 aliphatic heterocycles. The van der Waals surface area contributed by atoms with Crippen molar-refractivity contribution >= 4 is 29.2 Å². The van der Waals surface area contributed by atoms with Crippen LogP contribution in [0.25, 0.3) is 0 Å². The first-order valence-corrected chi connectivity index (χ1v) is 7.75. The zero-order valence-corrected chi connectivity index (χ0v) is 14.1.